The first-order valence-electron chi connectivity index (χ1n) is 8.10. The lowest BCUT2D eigenvalue weighted by Gasteiger charge is -2.12. The lowest BCUT2D eigenvalue weighted by Crippen LogP contribution is -2.13. The van der Waals surface area contributed by atoms with Gasteiger partial charge in [-0.15, -0.1) is 0 Å². The second-order valence-corrected chi connectivity index (χ2v) is 6.05. The molecule has 0 atom stereocenters. The van der Waals surface area contributed by atoms with Gasteiger partial charge < -0.3 is 20.1 Å². The maximum absolute atomic E-state index is 12.6. The molecule has 1 amide bonds. The third-order valence-corrected chi connectivity index (χ3v) is 4.04. The van der Waals surface area contributed by atoms with Crippen LogP contribution in [0.4, 0.5) is 17.1 Å². The van der Waals surface area contributed by atoms with Crippen LogP contribution in [0.2, 0.25) is 5.02 Å². The SMILES string of the molecule is COc1ccc(OC)c(NC(=O)c2cncc(Nc3ccc(Cl)cc3)c2)c1. The minimum Gasteiger partial charge on any atom is -0.497 e. The van der Waals surface area contributed by atoms with Gasteiger partial charge in [0.1, 0.15) is 11.5 Å². The molecule has 3 rings (SSSR count). The molecule has 0 radical (unpaired) electrons. The lowest BCUT2D eigenvalue weighted by atomic mass is 10.2. The van der Waals surface area contributed by atoms with Crippen LogP contribution in [0.5, 0.6) is 11.5 Å². The number of anilines is 3. The number of halogens is 1. The van der Waals surface area contributed by atoms with Crippen molar-refractivity contribution in [2.75, 3.05) is 24.9 Å². The molecule has 138 valence electrons. The van der Waals surface area contributed by atoms with E-state index < -0.39 is 0 Å². The number of aromatic nitrogens is 1. The van der Waals surface area contributed by atoms with Gasteiger partial charge >= 0.3 is 0 Å². The summed E-state index contributed by atoms with van der Waals surface area (Å²) in [7, 11) is 3.10. The summed E-state index contributed by atoms with van der Waals surface area (Å²) in [5, 5.41) is 6.66. The van der Waals surface area contributed by atoms with Crippen molar-refractivity contribution in [3.63, 3.8) is 0 Å². The van der Waals surface area contributed by atoms with E-state index in [2.05, 4.69) is 15.6 Å². The van der Waals surface area contributed by atoms with Crippen LogP contribution in [-0.2, 0) is 0 Å². The summed E-state index contributed by atoms with van der Waals surface area (Å²) in [6, 6.07) is 14.1. The topological polar surface area (TPSA) is 72.5 Å². The van der Waals surface area contributed by atoms with E-state index in [-0.39, 0.29) is 5.91 Å². The van der Waals surface area contributed by atoms with Gasteiger partial charge in [0.2, 0.25) is 0 Å². The fourth-order valence-electron chi connectivity index (χ4n) is 2.44. The van der Waals surface area contributed by atoms with Gasteiger partial charge in [-0.2, -0.15) is 0 Å². The Kier molecular flexibility index (Phi) is 5.78. The number of carbonyl (C=O) groups is 1. The van der Waals surface area contributed by atoms with Crippen molar-refractivity contribution in [1.29, 1.82) is 0 Å². The van der Waals surface area contributed by atoms with E-state index in [1.165, 1.54) is 13.3 Å². The second kappa shape index (κ2) is 8.42. The van der Waals surface area contributed by atoms with E-state index in [1.807, 2.05) is 12.1 Å². The van der Waals surface area contributed by atoms with Crippen molar-refractivity contribution in [2.24, 2.45) is 0 Å². The van der Waals surface area contributed by atoms with E-state index in [9.17, 15) is 4.79 Å². The number of hydrogen-bond donors (Lipinski definition) is 2. The van der Waals surface area contributed by atoms with Crippen molar-refractivity contribution in [1.82, 2.24) is 4.98 Å². The van der Waals surface area contributed by atoms with Crippen molar-refractivity contribution >= 4 is 34.6 Å². The van der Waals surface area contributed by atoms with Crippen LogP contribution in [-0.4, -0.2) is 25.1 Å². The molecule has 0 unspecified atom stereocenters. The van der Waals surface area contributed by atoms with Crippen molar-refractivity contribution in [2.45, 2.75) is 0 Å². The van der Waals surface area contributed by atoms with Gasteiger partial charge in [-0.05, 0) is 42.5 Å². The second-order valence-electron chi connectivity index (χ2n) is 5.61. The van der Waals surface area contributed by atoms with Gasteiger partial charge in [0, 0.05) is 23.0 Å². The minimum atomic E-state index is -0.311. The van der Waals surface area contributed by atoms with Crippen LogP contribution < -0.4 is 20.1 Å². The summed E-state index contributed by atoms with van der Waals surface area (Å²) in [6.45, 7) is 0. The van der Waals surface area contributed by atoms with E-state index in [4.69, 9.17) is 21.1 Å². The number of amides is 1. The predicted octanol–water partition coefficient (Wildman–Crippen LogP) is 4.75. The number of hydrogen-bond acceptors (Lipinski definition) is 5. The number of rotatable bonds is 6. The third kappa shape index (κ3) is 4.68. The summed E-state index contributed by atoms with van der Waals surface area (Å²) in [5.41, 5.74) is 2.44. The number of nitrogens with zero attached hydrogens (tertiary/aromatic N) is 1. The smallest absolute Gasteiger partial charge is 0.257 e. The molecular formula is C20H18ClN3O3. The number of pyridine rings is 1. The monoisotopic (exact) mass is 383 g/mol. The van der Waals surface area contributed by atoms with Gasteiger partial charge in [-0.25, -0.2) is 0 Å². The first-order chi connectivity index (χ1) is 13.1. The molecule has 7 heteroatoms. The van der Waals surface area contributed by atoms with Crippen molar-refractivity contribution in [3.8, 4) is 11.5 Å². The zero-order valence-corrected chi connectivity index (χ0v) is 15.6. The van der Waals surface area contributed by atoms with Gasteiger partial charge in [0.25, 0.3) is 5.91 Å². The minimum absolute atomic E-state index is 0.311. The van der Waals surface area contributed by atoms with Crippen LogP contribution in [0.3, 0.4) is 0 Å². The molecular weight excluding hydrogens is 366 g/mol. The molecule has 27 heavy (non-hydrogen) atoms. The summed E-state index contributed by atoms with van der Waals surface area (Å²) < 4.78 is 10.5. The molecule has 0 bridgehead atoms. The Morgan fingerprint density at radius 2 is 1.74 bits per heavy atom. The lowest BCUT2D eigenvalue weighted by molar-refractivity contribution is 0.102. The molecule has 0 aliphatic heterocycles. The average molecular weight is 384 g/mol. The van der Waals surface area contributed by atoms with Crippen molar-refractivity contribution < 1.29 is 14.3 Å². The van der Waals surface area contributed by atoms with Crippen LogP contribution in [0.25, 0.3) is 0 Å². The van der Waals surface area contributed by atoms with Gasteiger partial charge in [0.15, 0.2) is 0 Å². The molecule has 0 saturated heterocycles. The van der Waals surface area contributed by atoms with E-state index in [0.29, 0.717) is 33.5 Å². The summed E-state index contributed by atoms with van der Waals surface area (Å²) in [4.78, 5) is 16.8. The van der Waals surface area contributed by atoms with E-state index >= 15 is 0 Å². The first kappa shape index (κ1) is 18.5. The predicted molar refractivity (Wildman–Crippen MR) is 106 cm³/mol. The third-order valence-electron chi connectivity index (χ3n) is 3.79. The van der Waals surface area contributed by atoms with Gasteiger partial charge in [-0.3, -0.25) is 9.78 Å². The molecule has 6 nitrogen and oxygen atoms in total. The Hall–Kier alpha value is -3.25. The molecule has 0 fully saturated rings. The first-order valence-corrected chi connectivity index (χ1v) is 8.48. The molecule has 2 aromatic carbocycles. The molecule has 0 aliphatic carbocycles. The standard InChI is InChI=1S/C20H18ClN3O3/c1-26-17-7-8-19(27-2)18(10-17)24-20(25)13-9-16(12-22-11-13)23-15-5-3-14(21)4-6-15/h3-12,23H,1-2H3,(H,24,25). The molecule has 0 spiro atoms. The Balaban J connectivity index is 1.78. The summed E-state index contributed by atoms with van der Waals surface area (Å²) in [5.74, 6) is 0.837. The van der Waals surface area contributed by atoms with E-state index in [0.717, 1.165) is 5.69 Å². The van der Waals surface area contributed by atoms with Gasteiger partial charge in [-0.1, -0.05) is 11.6 Å². The molecule has 3 aromatic rings. The number of ether oxygens (including phenoxy) is 2. The number of benzene rings is 2. The number of nitrogens with one attached hydrogen (secondary N) is 2. The molecule has 0 aliphatic rings. The number of methoxy groups -OCH3 is 2. The van der Waals surface area contributed by atoms with Crippen LogP contribution in [0.15, 0.2) is 60.9 Å². The maximum atomic E-state index is 12.6. The number of carbonyl (C=O) groups excluding carboxylic acids is 1. The molecule has 0 saturated carbocycles. The average Bonchev–Trinajstić information content (AvgIpc) is 2.70. The van der Waals surface area contributed by atoms with Crippen LogP contribution in [0, 0.1) is 0 Å². The maximum Gasteiger partial charge on any atom is 0.257 e. The fourth-order valence-corrected chi connectivity index (χ4v) is 2.56. The Labute approximate surface area is 162 Å². The Morgan fingerprint density at radius 1 is 0.963 bits per heavy atom. The highest BCUT2D eigenvalue weighted by molar-refractivity contribution is 6.30. The normalized spacial score (nSPS) is 10.2. The summed E-state index contributed by atoms with van der Waals surface area (Å²) in [6.07, 6.45) is 3.13. The highest BCUT2D eigenvalue weighted by Gasteiger charge is 2.12. The van der Waals surface area contributed by atoms with Gasteiger partial charge in [0.05, 0.1) is 37.4 Å². The molecule has 2 N–H and O–H groups in total. The molecule has 1 heterocycles. The zero-order valence-electron chi connectivity index (χ0n) is 14.8. The molecule has 1 aromatic heterocycles. The quantitative estimate of drug-likeness (QED) is 0.642. The largest absolute Gasteiger partial charge is 0.497 e. The zero-order chi connectivity index (χ0) is 19.2. The van der Waals surface area contributed by atoms with Crippen LogP contribution in [0.1, 0.15) is 10.4 Å². The Morgan fingerprint density at radius 3 is 2.44 bits per heavy atom. The fraction of sp³-hybridized carbons (Fsp3) is 0.100. The Bertz CT molecular complexity index is 945. The highest BCUT2D eigenvalue weighted by Crippen LogP contribution is 2.29. The summed E-state index contributed by atoms with van der Waals surface area (Å²) >= 11 is 5.89. The van der Waals surface area contributed by atoms with Crippen LogP contribution >= 0.6 is 11.6 Å². The van der Waals surface area contributed by atoms with Crippen molar-refractivity contribution in [3.05, 3.63) is 71.5 Å². The highest BCUT2D eigenvalue weighted by atomic mass is 35.5. The van der Waals surface area contributed by atoms with E-state index in [1.54, 1.807) is 49.7 Å².